The summed E-state index contributed by atoms with van der Waals surface area (Å²) in [5.74, 6) is -0.803. The molecule has 5 nitrogen and oxygen atoms in total. The van der Waals surface area contributed by atoms with E-state index >= 15 is 0 Å². The molecule has 1 aromatic rings. The lowest BCUT2D eigenvalue weighted by atomic mass is 10.3. The Labute approximate surface area is 137 Å². The molecule has 0 N–H and O–H groups in total. The van der Waals surface area contributed by atoms with Gasteiger partial charge in [0.15, 0.2) is 11.0 Å². The van der Waals surface area contributed by atoms with Crippen molar-refractivity contribution < 1.29 is 13.0 Å². The van der Waals surface area contributed by atoms with Crippen molar-refractivity contribution in [3.05, 3.63) is 29.8 Å². The van der Waals surface area contributed by atoms with Gasteiger partial charge < -0.3 is 9.80 Å². The molecule has 2 heterocycles. The first kappa shape index (κ1) is 16.3. The number of hydrogen-bond acceptors (Lipinski definition) is 4. The van der Waals surface area contributed by atoms with E-state index in [0.717, 1.165) is 44.9 Å². The minimum absolute atomic E-state index is 0.00630. The SMILES string of the molecule is CCN1CCN(C2=NCCN2S(=O)c2ccc(F)cc2F)CC1. The van der Waals surface area contributed by atoms with Crippen LogP contribution in [-0.2, 0) is 11.0 Å². The number of aliphatic imine (C=N–C) groups is 1. The molecule has 23 heavy (non-hydrogen) atoms. The predicted octanol–water partition coefficient (Wildman–Crippen LogP) is 1.30. The van der Waals surface area contributed by atoms with Crippen LogP contribution in [0.5, 0.6) is 0 Å². The largest absolute Gasteiger partial charge is 0.339 e. The van der Waals surface area contributed by atoms with Gasteiger partial charge in [-0.15, -0.1) is 0 Å². The molecule has 2 aliphatic rings. The van der Waals surface area contributed by atoms with Gasteiger partial charge in [0.05, 0.1) is 18.0 Å². The quantitative estimate of drug-likeness (QED) is 0.831. The highest BCUT2D eigenvalue weighted by molar-refractivity contribution is 7.83. The van der Waals surface area contributed by atoms with E-state index in [-0.39, 0.29) is 4.90 Å². The maximum absolute atomic E-state index is 13.9. The minimum atomic E-state index is -1.72. The molecule has 1 aromatic carbocycles. The van der Waals surface area contributed by atoms with Crippen LogP contribution >= 0.6 is 0 Å². The van der Waals surface area contributed by atoms with E-state index in [2.05, 4.69) is 21.7 Å². The highest BCUT2D eigenvalue weighted by Gasteiger charge is 2.31. The van der Waals surface area contributed by atoms with Crippen molar-refractivity contribution in [1.82, 2.24) is 14.1 Å². The van der Waals surface area contributed by atoms with Crippen LogP contribution in [0.1, 0.15) is 6.92 Å². The van der Waals surface area contributed by atoms with Gasteiger partial charge in [-0.05, 0) is 18.7 Å². The highest BCUT2D eigenvalue weighted by atomic mass is 32.2. The Morgan fingerprint density at radius 2 is 1.91 bits per heavy atom. The van der Waals surface area contributed by atoms with E-state index in [9.17, 15) is 13.0 Å². The number of nitrogens with zero attached hydrogens (tertiary/aromatic N) is 4. The minimum Gasteiger partial charge on any atom is -0.339 e. The molecule has 0 amide bonds. The molecule has 8 heteroatoms. The smallest absolute Gasteiger partial charge is 0.209 e. The lowest BCUT2D eigenvalue weighted by molar-refractivity contribution is 0.184. The standard InChI is InChI=1S/C15H20F2N4OS/c1-2-19-7-9-20(10-8-19)15-18-5-6-21(15)23(22)14-4-3-12(16)11-13(14)17/h3-4,11H,2,5-10H2,1H3. The topological polar surface area (TPSA) is 39.1 Å². The number of benzene rings is 1. The second-order valence-corrected chi connectivity index (χ2v) is 6.91. The Morgan fingerprint density at radius 3 is 2.57 bits per heavy atom. The van der Waals surface area contributed by atoms with Gasteiger partial charge in [0, 0.05) is 32.2 Å². The Hall–Kier alpha value is -1.54. The fourth-order valence-electron chi connectivity index (χ4n) is 2.83. The molecule has 0 aliphatic carbocycles. The lowest BCUT2D eigenvalue weighted by Crippen LogP contribution is -2.52. The van der Waals surface area contributed by atoms with Crippen molar-refractivity contribution in [3.63, 3.8) is 0 Å². The Balaban J connectivity index is 1.75. The third kappa shape index (κ3) is 3.37. The van der Waals surface area contributed by atoms with E-state index in [1.165, 1.54) is 6.07 Å². The van der Waals surface area contributed by atoms with Gasteiger partial charge >= 0.3 is 0 Å². The van der Waals surface area contributed by atoms with Crippen molar-refractivity contribution in [2.24, 2.45) is 4.99 Å². The molecule has 1 saturated heterocycles. The number of hydrogen-bond donors (Lipinski definition) is 0. The molecule has 1 fully saturated rings. The number of piperazine rings is 1. The second kappa shape index (κ2) is 6.92. The molecule has 126 valence electrons. The van der Waals surface area contributed by atoms with E-state index in [1.54, 1.807) is 4.31 Å². The average molecular weight is 342 g/mol. The van der Waals surface area contributed by atoms with Crippen LogP contribution in [-0.4, -0.2) is 70.1 Å². The van der Waals surface area contributed by atoms with E-state index in [0.29, 0.717) is 19.0 Å². The number of halogens is 2. The number of rotatable bonds is 3. The molecule has 1 unspecified atom stereocenters. The predicted molar refractivity (Wildman–Crippen MR) is 85.5 cm³/mol. The first-order valence-corrected chi connectivity index (χ1v) is 8.87. The maximum Gasteiger partial charge on any atom is 0.209 e. The van der Waals surface area contributed by atoms with Crippen molar-refractivity contribution in [1.29, 1.82) is 0 Å². The summed E-state index contributed by atoms with van der Waals surface area (Å²) < 4.78 is 41.3. The summed E-state index contributed by atoms with van der Waals surface area (Å²) >= 11 is 0. The second-order valence-electron chi connectivity index (χ2n) is 5.53. The van der Waals surface area contributed by atoms with Crippen molar-refractivity contribution in [2.45, 2.75) is 11.8 Å². The molecular weight excluding hydrogens is 322 g/mol. The summed E-state index contributed by atoms with van der Waals surface area (Å²) in [6, 6.07) is 3.13. The van der Waals surface area contributed by atoms with E-state index < -0.39 is 22.6 Å². The molecule has 2 aliphatic heterocycles. The lowest BCUT2D eigenvalue weighted by Gasteiger charge is -2.37. The molecule has 0 bridgehead atoms. The van der Waals surface area contributed by atoms with Gasteiger partial charge in [-0.2, -0.15) is 0 Å². The van der Waals surface area contributed by atoms with Gasteiger partial charge in [-0.3, -0.25) is 9.30 Å². The van der Waals surface area contributed by atoms with Crippen LogP contribution in [0.4, 0.5) is 8.78 Å². The zero-order valence-corrected chi connectivity index (χ0v) is 13.9. The van der Waals surface area contributed by atoms with Crippen LogP contribution in [0.25, 0.3) is 0 Å². The van der Waals surface area contributed by atoms with Gasteiger partial charge in [-0.25, -0.2) is 13.0 Å². The summed E-state index contributed by atoms with van der Waals surface area (Å²) in [5.41, 5.74) is 0. The Kier molecular flexibility index (Phi) is 4.91. The fourth-order valence-corrected chi connectivity index (χ4v) is 4.05. The molecule has 3 rings (SSSR count). The Morgan fingerprint density at radius 1 is 1.17 bits per heavy atom. The zero-order chi connectivity index (χ0) is 16.4. The maximum atomic E-state index is 13.9. The molecule has 0 spiro atoms. The van der Waals surface area contributed by atoms with Gasteiger partial charge in [0.25, 0.3) is 0 Å². The molecule has 0 aromatic heterocycles. The third-order valence-electron chi connectivity index (χ3n) is 4.16. The average Bonchev–Trinajstić information content (AvgIpc) is 3.04. The highest BCUT2D eigenvalue weighted by Crippen LogP contribution is 2.20. The summed E-state index contributed by atoms with van der Waals surface area (Å²) in [6.07, 6.45) is 0. The summed E-state index contributed by atoms with van der Waals surface area (Å²) in [7, 11) is -1.72. The van der Waals surface area contributed by atoms with E-state index in [4.69, 9.17) is 0 Å². The van der Waals surface area contributed by atoms with Gasteiger partial charge in [0.2, 0.25) is 5.96 Å². The van der Waals surface area contributed by atoms with Crippen LogP contribution in [0.2, 0.25) is 0 Å². The normalized spacial score (nSPS) is 20.7. The molecule has 0 saturated carbocycles. The summed E-state index contributed by atoms with van der Waals surface area (Å²) in [4.78, 5) is 8.88. The molecular formula is C15H20F2N4OS. The van der Waals surface area contributed by atoms with Crippen LogP contribution in [0.3, 0.4) is 0 Å². The number of likely N-dealkylation sites (N-methyl/N-ethyl adjacent to an activating group) is 1. The molecule has 1 atom stereocenters. The van der Waals surface area contributed by atoms with Crippen LogP contribution < -0.4 is 0 Å². The molecule has 0 radical (unpaired) electrons. The summed E-state index contributed by atoms with van der Waals surface area (Å²) in [5, 5.41) is 0. The van der Waals surface area contributed by atoms with E-state index in [1.807, 2.05) is 0 Å². The Bertz CT molecular complexity index is 632. The van der Waals surface area contributed by atoms with Crippen molar-refractivity contribution >= 4 is 16.9 Å². The zero-order valence-electron chi connectivity index (χ0n) is 13.0. The van der Waals surface area contributed by atoms with Crippen molar-refractivity contribution in [2.75, 3.05) is 45.8 Å². The fraction of sp³-hybridized carbons (Fsp3) is 0.533. The monoisotopic (exact) mass is 342 g/mol. The van der Waals surface area contributed by atoms with Gasteiger partial charge in [0.1, 0.15) is 11.6 Å². The first-order valence-electron chi connectivity index (χ1n) is 7.76. The first-order chi connectivity index (χ1) is 11.1. The van der Waals surface area contributed by atoms with Gasteiger partial charge in [-0.1, -0.05) is 6.92 Å². The van der Waals surface area contributed by atoms with Crippen LogP contribution in [0, 0.1) is 11.6 Å². The van der Waals surface area contributed by atoms with Crippen molar-refractivity contribution in [3.8, 4) is 0 Å². The third-order valence-corrected chi connectivity index (χ3v) is 5.62. The van der Waals surface area contributed by atoms with Crippen LogP contribution in [0.15, 0.2) is 28.1 Å². The summed E-state index contributed by atoms with van der Waals surface area (Å²) in [6.45, 7) is 7.64. The number of guanidine groups is 1.